The second-order valence-electron chi connectivity index (χ2n) is 4.53. The summed E-state index contributed by atoms with van der Waals surface area (Å²) in [7, 11) is 0. The van der Waals surface area contributed by atoms with Gasteiger partial charge in [0.05, 0.1) is 5.52 Å². The van der Waals surface area contributed by atoms with Crippen molar-refractivity contribution in [3.63, 3.8) is 0 Å². The lowest BCUT2D eigenvalue weighted by Gasteiger charge is -1.99. The second-order valence-corrected chi connectivity index (χ2v) is 4.53. The molecule has 0 aliphatic rings. The fourth-order valence-corrected chi connectivity index (χ4v) is 2.06. The number of aromatic nitrogens is 2. The summed E-state index contributed by atoms with van der Waals surface area (Å²) in [5.41, 5.74) is 2.21. The maximum atomic E-state index is 12.0. The molecule has 1 N–H and O–H groups in total. The summed E-state index contributed by atoms with van der Waals surface area (Å²) >= 11 is 0. The van der Waals surface area contributed by atoms with Crippen LogP contribution in [0.15, 0.2) is 60.7 Å². The standard InChI is InChI=1S/C17H14N2O2/c20-17(16-14-10-4-5-11-15(14)18-19-16)21-12-6-9-13-7-2-1-3-8-13/h1-11H,12H2,(H,18,19). The highest BCUT2D eigenvalue weighted by molar-refractivity contribution is 6.01. The minimum Gasteiger partial charge on any atom is -0.457 e. The lowest BCUT2D eigenvalue weighted by Crippen LogP contribution is -2.06. The van der Waals surface area contributed by atoms with Gasteiger partial charge in [0.1, 0.15) is 6.61 Å². The number of para-hydroxylation sites is 1. The van der Waals surface area contributed by atoms with Crippen LogP contribution < -0.4 is 0 Å². The average Bonchev–Trinajstić information content (AvgIpc) is 2.96. The van der Waals surface area contributed by atoms with Crippen LogP contribution in [0.4, 0.5) is 0 Å². The van der Waals surface area contributed by atoms with Gasteiger partial charge in [-0.2, -0.15) is 5.10 Å². The first kappa shape index (κ1) is 13.1. The second kappa shape index (κ2) is 6.05. The fourth-order valence-electron chi connectivity index (χ4n) is 2.06. The van der Waals surface area contributed by atoms with Gasteiger partial charge in [-0.15, -0.1) is 0 Å². The molecule has 0 bridgehead atoms. The number of aromatic amines is 1. The Labute approximate surface area is 122 Å². The van der Waals surface area contributed by atoms with Crippen molar-refractivity contribution in [3.8, 4) is 0 Å². The number of rotatable bonds is 4. The van der Waals surface area contributed by atoms with Crippen LogP contribution in [-0.2, 0) is 4.74 Å². The summed E-state index contributed by atoms with van der Waals surface area (Å²) in [6.45, 7) is 0.217. The molecule has 3 aromatic rings. The smallest absolute Gasteiger partial charge is 0.359 e. The summed E-state index contributed by atoms with van der Waals surface area (Å²) in [5, 5.41) is 7.60. The van der Waals surface area contributed by atoms with E-state index in [0.717, 1.165) is 16.5 Å². The topological polar surface area (TPSA) is 55.0 Å². The first-order valence-electron chi connectivity index (χ1n) is 6.66. The number of carbonyl (C=O) groups excluding carboxylic acids is 1. The maximum Gasteiger partial charge on any atom is 0.359 e. The molecule has 104 valence electrons. The van der Waals surface area contributed by atoms with Crippen molar-refractivity contribution in [1.29, 1.82) is 0 Å². The molecular weight excluding hydrogens is 264 g/mol. The number of benzene rings is 2. The number of hydrogen-bond acceptors (Lipinski definition) is 3. The lowest BCUT2D eigenvalue weighted by atomic mass is 10.2. The highest BCUT2D eigenvalue weighted by atomic mass is 16.5. The van der Waals surface area contributed by atoms with Crippen molar-refractivity contribution in [1.82, 2.24) is 10.2 Å². The lowest BCUT2D eigenvalue weighted by molar-refractivity contribution is 0.0545. The van der Waals surface area contributed by atoms with Crippen LogP contribution >= 0.6 is 0 Å². The number of hydrogen-bond donors (Lipinski definition) is 1. The third-order valence-corrected chi connectivity index (χ3v) is 3.08. The number of nitrogens with one attached hydrogen (secondary N) is 1. The number of ether oxygens (including phenoxy) is 1. The van der Waals surface area contributed by atoms with E-state index in [1.165, 1.54) is 0 Å². The molecule has 1 heterocycles. The van der Waals surface area contributed by atoms with Gasteiger partial charge in [0, 0.05) is 5.39 Å². The Morgan fingerprint density at radius 2 is 1.86 bits per heavy atom. The number of H-pyrrole nitrogens is 1. The van der Waals surface area contributed by atoms with Crippen molar-refractivity contribution in [2.75, 3.05) is 6.61 Å². The van der Waals surface area contributed by atoms with Gasteiger partial charge in [-0.1, -0.05) is 54.6 Å². The van der Waals surface area contributed by atoms with Gasteiger partial charge >= 0.3 is 5.97 Å². The highest BCUT2D eigenvalue weighted by Gasteiger charge is 2.14. The number of nitrogens with zero attached hydrogens (tertiary/aromatic N) is 1. The molecule has 0 radical (unpaired) electrons. The third-order valence-electron chi connectivity index (χ3n) is 3.08. The Hall–Kier alpha value is -2.88. The van der Waals surface area contributed by atoms with Crippen molar-refractivity contribution >= 4 is 22.9 Å². The molecule has 4 nitrogen and oxygen atoms in total. The van der Waals surface area contributed by atoms with E-state index in [1.54, 1.807) is 0 Å². The molecule has 0 unspecified atom stereocenters. The summed E-state index contributed by atoms with van der Waals surface area (Å²) in [5.74, 6) is -0.426. The number of carbonyl (C=O) groups is 1. The maximum absolute atomic E-state index is 12.0. The molecule has 0 spiro atoms. The van der Waals surface area contributed by atoms with Crippen molar-refractivity contribution < 1.29 is 9.53 Å². The molecular formula is C17H14N2O2. The van der Waals surface area contributed by atoms with Crippen LogP contribution in [-0.4, -0.2) is 22.8 Å². The first-order valence-corrected chi connectivity index (χ1v) is 6.66. The molecule has 0 aliphatic carbocycles. The molecule has 1 aromatic heterocycles. The molecule has 0 saturated heterocycles. The van der Waals surface area contributed by atoms with E-state index < -0.39 is 5.97 Å². The van der Waals surface area contributed by atoms with Gasteiger partial charge in [0.15, 0.2) is 5.69 Å². The SMILES string of the molecule is O=C(OCC=Cc1ccccc1)c1n[nH]c2ccccc12. The predicted molar refractivity (Wildman–Crippen MR) is 81.9 cm³/mol. The molecule has 0 saturated carbocycles. The van der Waals surface area contributed by atoms with E-state index in [4.69, 9.17) is 4.74 Å². The Morgan fingerprint density at radius 3 is 2.71 bits per heavy atom. The first-order chi connectivity index (χ1) is 10.3. The van der Waals surface area contributed by atoms with Crippen molar-refractivity contribution in [2.24, 2.45) is 0 Å². The van der Waals surface area contributed by atoms with Gasteiger partial charge in [0.25, 0.3) is 0 Å². The Bertz CT molecular complexity index is 776. The Kier molecular flexibility index (Phi) is 3.78. The molecule has 0 aliphatic heterocycles. The van der Waals surface area contributed by atoms with Crippen LogP contribution in [0.5, 0.6) is 0 Å². The molecule has 2 aromatic carbocycles. The van der Waals surface area contributed by atoms with E-state index in [9.17, 15) is 4.79 Å². The summed E-state index contributed by atoms with van der Waals surface area (Å²) in [6, 6.07) is 17.3. The molecule has 0 atom stereocenters. The summed E-state index contributed by atoms with van der Waals surface area (Å²) in [6.07, 6.45) is 3.72. The molecule has 0 fully saturated rings. The van der Waals surface area contributed by atoms with E-state index in [-0.39, 0.29) is 6.61 Å². The number of fused-ring (bicyclic) bond motifs is 1. The number of esters is 1. The van der Waals surface area contributed by atoms with Crippen LogP contribution in [0, 0.1) is 0 Å². The highest BCUT2D eigenvalue weighted by Crippen LogP contribution is 2.15. The van der Waals surface area contributed by atoms with Gasteiger partial charge in [-0.3, -0.25) is 5.10 Å². The van der Waals surface area contributed by atoms with Gasteiger partial charge < -0.3 is 4.74 Å². The summed E-state index contributed by atoms with van der Waals surface area (Å²) in [4.78, 5) is 12.0. The normalized spacial score (nSPS) is 11.0. The van der Waals surface area contributed by atoms with Crippen molar-refractivity contribution in [2.45, 2.75) is 0 Å². The Balaban J connectivity index is 1.63. The van der Waals surface area contributed by atoms with Gasteiger partial charge in [-0.05, 0) is 17.7 Å². The third kappa shape index (κ3) is 3.00. The van der Waals surface area contributed by atoms with Gasteiger partial charge in [0.2, 0.25) is 0 Å². The molecule has 0 amide bonds. The van der Waals surface area contributed by atoms with Crippen molar-refractivity contribution in [3.05, 3.63) is 71.9 Å². The van der Waals surface area contributed by atoms with E-state index in [0.29, 0.717) is 5.69 Å². The molecule has 21 heavy (non-hydrogen) atoms. The minimum absolute atomic E-state index is 0.217. The molecule has 4 heteroatoms. The zero-order valence-corrected chi connectivity index (χ0v) is 11.3. The van der Waals surface area contributed by atoms with E-state index in [2.05, 4.69) is 10.2 Å². The van der Waals surface area contributed by atoms with Crippen LogP contribution in [0.25, 0.3) is 17.0 Å². The van der Waals surface area contributed by atoms with E-state index >= 15 is 0 Å². The predicted octanol–water partition coefficient (Wildman–Crippen LogP) is 3.43. The Morgan fingerprint density at radius 1 is 1.10 bits per heavy atom. The average molecular weight is 278 g/mol. The monoisotopic (exact) mass is 278 g/mol. The summed E-state index contributed by atoms with van der Waals surface area (Å²) < 4.78 is 5.21. The largest absolute Gasteiger partial charge is 0.457 e. The zero-order valence-electron chi connectivity index (χ0n) is 11.3. The fraction of sp³-hybridized carbons (Fsp3) is 0.0588. The van der Waals surface area contributed by atoms with E-state index in [1.807, 2.05) is 66.7 Å². The van der Waals surface area contributed by atoms with Crippen LogP contribution in [0.3, 0.4) is 0 Å². The van der Waals surface area contributed by atoms with Crippen LogP contribution in [0.1, 0.15) is 16.1 Å². The van der Waals surface area contributed by atoms with Crippen LogP contribution in [0.2, 0.25) is 0 Å². The minimum atomic E-state index is -0.426. The zero-order chi connectivity index (χ0) is 14.5. The van der Waals surface area contributed by atoms with Gasteiger partial charge in [-0.25, -0.2) is 4.79 Å². The molecule has 3 rings (SSSR count). The quantitative estimate of drug-likeness (QED) is 0.744.